The Bertz CT molecular complexity index is 914. The van der Waals surface area contributed by atoms with Crippen LogP contribution in [0.5, 0.6) is 11.5 Å². The van der Waals surface area contributed by atoms with Crippen LogP contribution in [0.4, 0.5) is 14.5 Å². The van der Waals surface area contributed by atoms with E-state index < -0.39 is 30.1 Å². The standard InChI is InChI=1S/C22H23F2NO5/c1-3-11-29-19-9-5-15(12-20(19)28-4-2)6-10-22(27)30-14-21(26)25-18-13-16(23)7-8-17(18)24/h5-10,12-13H,3-4,11,14H2,1-2H3,(H,25,26)/b10-6+. The molecular formula is C22H23F2NO5. The lowest BCUT2D eigenvalue weighted by molar-refractivity contribution is -0.142. The van der Waals surface area contributed by atoms with Crippen LogP contribution >= 0.6 is 0 Å². The molecule has 0 unspecified atom stereocenters. The minimum absolute atomic E-state index is 0.333. The van der Waals surface area contributed by atoms with Gasteiger partial charge >= 0.3 is 5.97 Å². The predicted molar refractivity (Wildman–Crippen MR) is 108 cm³/mol. The summed E-state index contributed by atoms with van der Waals surface area (Å²) in [6, 6.07) is 7.85. The minimum Gasteiger partial charge on any atom is -0.490 e. The summed E-state index contributed by atoms with van der Waals surface area (Å²) in [5.74, 6) is -1.90. The van der Waals surface area contributed by atoms with Crippen LogP contribution in [-0.4, -0.2) is 31.7 Å². The van der Waals surface area contributed by atoms with Crippen molar-refractivity contribution in [2.45, 2.75) is 20.3 Å². The largest absolute Gasteiger partial charge is 0.490 e. The van der Waals surface area contributed by atoms with Gasteiger partial charge in [-0.3, -0.25) is 4.79 Å². The van der Waals surface area contributed by atoms with Crippen LogP contribution in [0, 0.1) is 11.6 Å². The normalized spacial score (nSPS) is 10.7. The molecule has 6 nitrogen and oxygen atoms in total. The second-order valence-electron chi connectivity index (χ2n) is 6.10. The molecule has 160 valence electrons. The van der Waals surface area contributed by atoms with E-state index in [9.17, 15) is 18.4 Å². The third-order valence-electron chi connectivity index (χ3n) is 3.69. The summed E-state index contributed by atoms with van der Waals surface area (Å²) in [7, 11) is 0. The Morgan fingerprint density at radius 3 is 2.57 bits per heavy atom. The number of esters is 1. The Labute approximate surface area is 173 Å². The van der Waals surface area contributed by atoms with Gasteiger partial charge in [0.2, 0.25) is 0 Å². The van der Waals surface area contributed by atoms with Gasteiger partial charge in [0.05, 0.1) is 18.9 Å². The Morgan fingerprint density at radius 2 is 1.83 bits per heavy atom. The number of hydrogen-bond acceptors (Lipinski definition) is 5. The van der Waals surface area contributed by atoms with E-state index in [2.05, 4.69) is 5.32 Å². The van der Waals surface area contributed by atoms with Gasteiger partial charge < -0.3 is 19.5 Å². The van der Waals surface area contributed by atoms with Crippen LogP contribution in [0.15, 0.2) is 42.5 Å². The van der Waals surface area contributed by atoms with Crippen molar-refractivity contribution in [1.82, 2.24) is 0 Å². The average Bonchev–Trinajstić information content (AvgIpc) is 2.73. The van der Waals surface area contributed by atoms with Crippen LogP contribution in [0.2, 0.25) is 0 Å². The molecule has 0 saturated carbocycles. The highest BCUT2D eigenvalue weighted by atomic mass is 19.1. The molecule has 0 heterocycles. The van der Waals surface area contributed by atoms with Gasteiger partial charge in [0.1, 0.15) is 11.6 Å². The maximum absolute atomic E-state index is 13.5. The number of anilines is 1. The van der Waals surface area contributed by atoms with Gasteiger partial charge in [0, 0.05) is 12.1 Å². The molecule has 0 saturated heterocycles. The molecule has 0 aliphatic heterocycles. The Balaban J connectivity index is 1.91. The summed E-state index contributed by atoms with van der Waals surface area (Å²) < 4.78 is 42.6. The first-order valence-corrected chi connectivity index (χ1v) is 9.42. The fourth-order valence-electron chi connectivity index (χ4n) is 2.36. The number of carbonyl (C=O) groups excluding carboxylic acids is 2. The topological polar surface area (TPSA) is 73.9 Å². The van der Waals surface area contributed by atoms with E-state index in [4.69, 9.17) is 14.2 Å². The molecule has 0 aliphatic rings. The number of rotatable bonds is 10. The molecular weight excluding hydrogens is 396 g/mol. The van der Waals surface area contributed by atoms with Gasteiger partial charge in [-0.15, -0.1) is 0 Å². The second-order valence-corrected chi connectivity index (χ2v) is 6.10. The Hall–Kier alpha value is -3.42. The monoisotopic (exact) mass is 419 g/mol. The van der Waals surface area contributed by atoms with Crippen LogP contribution in [0.25, 0.3) is 6.08 Å². The number of amides is 1. The Kier molecular flexibility index (Phi) is 8.80. The third-order valence-corrected chi connectivity index (χ3v) is 3.69. The van der Waals surface area contributed by atoms with E-state index in [0.717, 1.165) is 30.7 Å². The molecule has 30 heavy (non-hydrogen) atoms. The first-order chi connectivity index (χ1) is 14.4. The van der Waals surface area contributed by atoms with Crippen molar-refractivity contribution in [2.75, 3.05) is 25.1 Å². The zero-order chi connectivity index (χ0) is 21.9. The fourth-order valence-corrected chi connectivity index (χ4v) is 2.36. The van der Waals surface area contributed by atoms with Crippen molar-refractivity contribution in [1.29, 1.82) is 0 Å². The SMILES string of the molecule is CCCOc1ccc(/C=C/C(=O)OCC(=O)Nc2cc(F)ccc2F)cc1OCC. The summed E-state index contributed by atoms with van der Waals surface area (Å²) in [4.78, 5) is 23.6. The molecule has 2 aromatic rings. The Morgan fingerprint density at radius 1 is 1.03 bits per heavy atom. The smallest absolute Gasteiger partial charge is 0.331 e. The zero-order valence-electron chi connectivity index (χ0n) is 16.7. The maximum atomic E-state index is 13.5. The van der Waals surface area contributed by atoms with Crippen LogP contribution < -0.4 is 14.8 Å². The maximum Gasteiger partial charge on any atom is 0.331 e. The van der Waals surface area contributed by atoms with E-state index in [1.165, 1.54) is 6.08 Å². The third kappa shape index (κ3) is 7.20. The molecule has 0 atom stereocenters. The summed E-state index contributed by atoms with van der Waals surface area (Å²) in [6.45, 7) is 4.22. The molecule has 2 aromatic carbocycles. The van der Waals surface area contributed by atoms with Gasteiger partial charge in [-0.2, -0.15) is 0 Å². The van der Waals surface area contributed by atoms with Crippen molar-refractivity contribution < 1.29 is 32.6 Å². The van der Waals surface area contributed by atoms with Gasteiger partial charge in [-0.05, 0) is 49.2 Å². The van der Waals surface area contributed by atoms with E-state index >= 15 is 0 Å². The second kappa shape index (κ2) is 11.5. The molecule has 0 aliphatic carbocycles. The number of halogens is 2. The highest BCUT2D eigenvalue weighted by Crippen LogP contribution is 2.29. The lowest BCUT2D eigenvalue weighted by atomic mass is 10.2. The number of nitrogens with one attached hydrogen (secondary N) is 1. The first kappa shape index (κ1) is 22.9. The molecule has 0 aromatic heterocycles. The number of hydrogen-bond donors (Lipinski definition) is 1. The zero-order valence-corrected chi connectivity index (χ0v) is 16.7. The van der Waals surface area contributed by atoms with Crippen LogP contribution in [-0.2, 0) is 14.3 Å². The molecule has 2 rings (SSSR count). The highest BCUT2D eigenvalue weighted by Gasteiger charge is 2.10. The van der Waals surface area contributed by atoms with Crippen molar-refractivity contribution in [2.24, 2.45) is 0 Å². The quantitative estimate of drug-likeness (QED) is 0.458. The number of benzene rings is 2. The molecule has 8 heteroatoms. The summed E-state index contributed by atoms with van der Waals surface area (Å²) in [6.07, 6.45) is 3.50. The fraction of sp³-hybridized carbons (Fsp3) is 0.273. The van der Waals surface area contributed by atoms with E-state index in [-0.39, 0.29) is 5.69 Å². The van der Waals surface area contributed by atoms with Crippen LogP contribution in [0.3, 0.4) is 0 Å². The molecule has 1 N–H and O–H groups in total. The van der Waals surface area contributed by atoms with E-state index in [1.54, 1.807) is 18.2 Å². The first-order valence-electron chi connectivity index (χ1n) is 9.42. The van der Waals surface area contributed by atoms with Crippen molar-refractivity contribution in [3.63, 3.8) is 0 Å². The van der Waals surface area contributed by atoms with E-state index in [1.807, 2.05) is 13.8 Å². The van der Waals surface area contributed by atoms with Gasteiger partial charge in [-0.25, -0.2) is 13.6 Å². The van der Waals surface area contributed by atoms with Crippen molar-refractivity contribution in [3.8, 4) is 11.5 Å². The minimum atomic E-state index is -0.799. The lowest BCUT2D eigenvalue weighted by Crippen LogP contribution is -2.20. The molecule has 0 radical (unpaired) electrons. The molecule has 0 bridgehead atoms. The van der Waals surface area contributed by atoms with Crippen LogP contribution in [0.1, 0.15) is 25.8 Å². The number of ether oxygens (including phenoxy) is 3. The molecule has 0 fully saturated rings. The average molecular weight is 419 g/mol. The summed E-state index contributed by atoms with van der Waals surface area (Å²) in [5.41, 5.74) is 0.339. The molecule has 1 amide bonds. The van der Waals surface area contributed by atoms with E-state index in [0.29, 0.717) is 30.3 Å². The van der Waals surface area contributed by atoms with Gasteiger partial charge in [0.25, 0.3) is 5.91 Å². The lowest BCUT2D eigenvalue weighted by Gasteiger charge is -2.12. The molecule has 0 spiro atoms. The van der Waals surface area contributed by atoms with Crippen molar-refractivity contribution in [3.05, 3.63) is 59.7 Å². The van der Waals surface area contributed by atoms with Gasteiger partial charge in [-0.1, -0.05) is 13.0 Å². The number of carbonyl (C=O) groups is 2. The summed E-state index contributed by atoms with van der Waals surface area (Å²) in [5, 5.41) is 2.14. The highest BCUT2D eigenvalue weighted by molar-refractivity contribution is 5.94. The predicted octanol–water partition coefficient (Wildman–Crippen LogP) is 4.35. The van der Waals surface area contributed by atoms with Crippen molar-refractivity contribution >= 4 is 23.6 Å². The van der Waals surface area contributed by atoms with Gasteiger partial charge in [0.15, 0.2) is 18.1 Å². The summed E-state index contributed by atoms with van der Waals surface area (Å²) >= 11 is 0.